The number of unbranched alkanes of at least 4 members (excludes halogenated alkanes) is 7. The Morgan fingerprint density at radius 2 is 1.06 bits per heavy atom. The summed E-state index contributed by atoms with van der Waals surface area (Å²) in [6, 6.07) is 44.0. The fourth-order valence-electron chi connectivity index (χ4n) is 10.1. The van der Waals surface area contributed by atoms with Gasteiger partial charge in [-0.1, -0.05) is 154 Å². The Bertz CT molecular complexity index is 3080. The number of aliphatic hydroxyl groups excluding tert-OH is 1. The summed E-state index contributed by atoms with van der Waals surface area (Å²) < 4.78 is 53.2. The van der Waals surface area contributed by atoms with E-state index in [0.29, 0.717) is 36.0 Å². The van der Waals surface area contributed by atoms with Gasteiger partial charge in [-0.2, -0.15) is 0 Å². The van der Waals surface area contributed by atoms with Crippen LogP contribution in [0.15, 0.2) is 144 Å². The van der Waals surface area contributed by atoms with Crippen LogP contribution in [0, 0.1) is 17.5 Å². The minimum atomic E-state index is -1.41. The molecule has 1 fully saturated rings. The molecule has 0 amide bonds. The number of hydrogen-bond donors (Lipinski definition) is 1. The Labute approximate surface area is 388 Å². The Morgan fingerprint density at radius 3 is 1.61 bits per heavy atom. The van der Waals surface area contributed by atoms with Gasteiger partial charge in [0.25, 0.3) is 0 Å². The second kappa shape index (κ2) is 19.5. The zero-order chi connectivity index (χ0) is 45.9. The molecule has 0 bridgehead atoms. The van der Waals surface area contributed by atoms with Gasteiger partial charge in [-0.3, -0.25) is 4.99 Å². The molecule has 8 heteroatoms. The van der Waals surface area contributed by atoms with Crippen molar-refractivity contribution in [3.05, 3.63) is 179 Å². The zero-order valence-corrected chi connectivity index (χ0v) is 37.4. The summed E-state index contributed by atoms with van der Waals surface area (Å²) in [5, 5.41) is 21.5. The number of ether oxygens (including phenoxy) is 2. The van der Waals surface area contributed by atoms with Crippen LogP contribution < -0.4 is 4.74 Å². The molecule has 338 valence electrons. The van der Waals surface area contributed by atoms with E-state index in [1.807, 2.05) is 0 Å². The number of aliphatic imine (C=N–C) groups is 1. The summed E-state index contributed by atoms with van der Waals surface area (Å²) in [6.07, 6.45) is 13.1. The standard InChI is InChI=1S/C59H52F3NO4/c60-51-34-53(62)52(61)33-49(51)58(64)50(35-63-38-28-29-38)59(65)67-36-37-26-30-39(31-27-37)66-32-16-6-4-2-1-3-5-7-25-48-54-44-21-12-8-17-40(44)42-19-10-14-23-46(42)56(54)57-47-24-15-11-20-43(47)41-18-9-13-22-45(41)55(48)57/h8-15,17-24,26-27,30-31,33-35,38,48,64H,1-7,16,25,28-29,32,36H2/b58-50-,63-35?. The number of carbonyl (C=O) groups is 1. The van der Waals surface area contributed by atoms with E-state index >= 15 is 0 Å². The minimum Gasteiger partial charge on any atom is -0.506 e. The Balaban J connectivity index is 0.702. The van der Waals surface area contributed by atoms with Gasteiger partial charge in [0.1, 0.15) is 29.5 Å². The molecule has 2 aliphatic rings. The van der Waals surface area contributed by atoms with Crippen molar-refractivity contribution in [2.75, 3.05) is 6.61 Å². The first-order chi connectivity index (χ1) is 32.9. The van der Waals surface area contributed by atoms with E-state index in [2.05, 4.69) is 102 Å². The first-order valence-electron chi connectivity index (χ1n) is 23.7. The van der Waals surface area contributed by atoms with Gasteiger partial charge in [-0.25, -0.2) is 18.0 Å². The van der Waals surface area contributed by atoms with Crippen molar-refractivity contribution in [1.29, 1.82) is 0 Å². The summed E-state index contributed by atoms with van der Waals surface area (Å²) in [7, 11) is 0. The van der Waals surface area contributed by atoms with Crippen LogP contribution in [0.2, 0.25) is 0 Å². The van der Waals surface area contributed by atoms with Gasteiger partial charge >= 0.3 is 5.97 Å². The molecule has 0 heterocycles. The monoisotopic (exact) mass is 895 g/mol. The maximum Gasteiger partial charge on any atom is 0.343 e. The number of esters is 1. The summed E-state index contributed by atoms with van der Waals surface area (Å²) in [4.78, 5) is 17.2. The quantitative estimate of drug-likeness (QED) is 0.0177. The van der Waals surface area contributed by atoms with Gasteiger partial charge in [-0.15, -0.1) is 0 Å². The first-order valence-corrected chi connectivity index (χ1v) is 23.7. The topological polar surface area (TPSA) is 68.1 Å². The fraction of sp³-hybridized carbons (Fsp3) is 0.254. The van der Waals surface area contributed by atoms with Crippen molar-refractivity contribution < 1.29 is 32.5 Å². The lowest BCUT2D eigenvalue weighted by molar-refractivity contribution is -0.139. The third-order valence-corrected chi connectivity index (χ3v) is 13.5. The molecule has 1 N–H and O–H groups in total. The SMILES string of the molecule is O=C(OCc1ccc(OCCCCCCCCCCC2c3c(c4ccccc4c4ccccc34)-c3c2c2ccccc2c2ccccc32)cc1)/C(C=NC1CC1)=C(\O)c1cc(F)c(F)cc1F. The van der Waals surface area contributed by atoms with Gasteiger partial charge in [0.15, 0.2) is 11.6 Å². The summed E-state index contributed by atoms with van der Waals surface area (Å²) in [5.41, 5.74) is 5.42. The molecule has 10 rings (SSSR count). The van der Waals surface area contributed by atoms with E-state index in [4.69, 9.17) is 9.47 Å². The molecule has 5 nitrogen and oxygen atoms in total. The smallest absolute Gasteiger partial charge is 0.343 e. The number of carbonyl (C=O) groups excluding carboxylic acids is 1. The number of aliphatic hydroxyl groups is 1. The molecule has 0 spiro atoms. The fourth-order valence-corrected chi connectivity index (χ4v) is 10.1. The number of fused-ring (bicyclic) bond motifs is 13. The van der Waals surface area contributed by atoms with E-state index in [0.717, 1.165) is 44.7 Å². The van der Waals surface area contributed by atoms with Crippen LogP contribution in [0.25, 0.3) is 60.0 Å². The van der Waals surface area contributed by atoms with Gasteiger partial charge in [0.05, 0.1) is 18.2 Å². The second-order valence-electron chi connectivity index (χ2n) is 18.0. The van der Waals surface area contributed by atoms with Crippen LogP contribution >= 0.6 is 0 Å². The predicted octanol–water partition coefficient (Wildman–Crippen LogP) is 15.7. The first kappa shape index (κ1) is 43.9. The van der Waals surface area contributed by atoms with E-state index in [-0.39, 0.29) is 12.6 Å². The predicted molar refractivity (Wildman–Crippen MR) is 264 cm³/mol. The van der Waals surface area contributed by atoms with Crippen LogP contribution in [-0.2, 0) is 16.1 Å². The average Bonchev–Trinajstić information content (AvgIpc) is 4.13. The Hall–Kier alpha value is -6.93. The van der Waals surface area contributed by atoms with E-state index in [1.165, 1.54) is 97.4 Å². The van der Waals surface area contributed by atoms with Crippen molar-refractivity contribution in [3.8, 4) is 16.9 Å². The second-order valence-corrected chi connectivity index (χ2v) is 18.0. The average molecular weight is 896 g/mol. The highest BCUT2D eigenvalue weighted by Crippen LogP contribution is 2.57. The third kappa shape index (κ3) is 9.02. The van der Waals surface area contributed by atoms with Crippen molar-refractivity contribution >= 4 is 61.0 Å². The van der Waals surface area contributed by atoms with Crippen molar-refractivity contribution in [1.82, 2.24) is 0 Å². The van der Waals surface area contributed by atoms with Crippen LogP contribution in [0.4, 0.5) is 13.2 Å². The summed E-state index contributed by atoms with van der Waals surface area (Å²) in [5.74, 6) is -4.81. The number of benzene rings is 8. The Kier molecular flexibility index (Phi) is 12.8. The molecule has 0 aromatic heterocycles. The zero-order valence-electron chi connectivity index (χ0n) is 37.4. The van der Waals surface area contributed by atoms with Crippen LogP contribution in [0.5, 0.6) is 5.75 Å². The number of rotatable bonds is 18. The maximum atomic E-state index is 14.4. The lowest BCUT2D eigenvalue weighted by Crippen LogP contribution is -2.12. The molecule has 0 unspecified atom stereocenters. The highest BCUT2D eigenvalue weighted by Gasteiger charge is 2.35. The summed E-state index contributed by atoms with van der Waals surface area (Å²) >= 11 is 0. The molecule has 8 aromatic carbocycles. The van der Waals surface area contributed by atoms with E-state index < -0.39 is 40.3 Å². The van der Waals surface area contributed by atoms with E-state index in [9.17, 15) is 23.1 Å². The van der Waals surface area contributed by atoms with Gasteiger partial charge < -0.3 is 14.6 Å². The molecule has 0 radical (unpaired) electrons. The lowest BCUT2D eigenvalue weighted by atomic mass is 9.84. The van der Waals surface area contributed by atoms with E-state index in [1.54, 1.807) is 24.3 Å². The molecule has 0 atom stereocenters. The normalized spacial score (nSPS) is 14.0. The number of hydrogen-bond acceptors (Lipinski definition) is 5. The third-order valence-electron chi connectivity index (χ3n) is 13.5. The molecular formula is C59H52F3NO4. The van der Waals surface area contributed by atoms with Gasteiger partial charge in [0, 0.05) is 18.2 Å². The molecule has 2 aliphatic carbocycles. The molecule has 67 heavy (non-hydrogen) atoms. The molecular weight excluding hydrogens is 844 g/mol. The van der Waals surface area contributed by atoms with Crippen molar-refractivity contribution in [2.24, 2.45) is 4.99 Å². The largest absolute Gasteiger partial charge is 0.506 e. The highest BCUT2D eigenvalue weighted by molar-refractivity contribution is 6.25. The number of halogens is 3. The lowest BCUT2D eigenvalue weighted by Gasteiger charge is -2.19. The summed E-state index contributed by atoms with van der Waals surface area (Å²) in [6.45, 7) is 0.458. The van der Waals surface area contributed by atoms with Crippen LogP contribution in [-0.4, -0.2) is 29.9 Å². The molecule has 8 aromatic rings. The van der Waals surface area contributed by atoms with Gasteiger partial charge in [-0.05, 0) is 115 Å². The minimum absolute atomic E-state index is 0.0205. The van der Waals surface area contributed by atoms with Gasteiger partial charge in [0.2, 0.25) is 0 Å². The van der Waals surface area contributed by atoms with Crippen molar-refractivity contribution in [2.45, 2.75) is 89.2 Å². The molecule has 1 saturated carbocycles. The maximum absolute atomic E-state index is 14.4. The highest BCUT2D eigenvalue weighted by atomic mass is 19.2. The molecule has 0 aliphatic heterocycles. The van der Waals surface area contributed by atoms with Crippen LogP contribution in [0.1, 0.15) is 98.8 Å². The van der Waals surface area contributed by atoms with Crippen molar-refractivity contribution in [3.63, 3.8) is 0 Å². The van der Waals surface area contributed by atoms with Crippen LogP contribution in [0.3, 0.4) is 0 Å². The number of nitrogens with zero attached hydrogens (tertiary/aromatic N) is 1. The Morgan fingerprint density at radius 1 is 0.582 bits per heavy atom. The molecule has 0 saturated heterocycles.